The second-order valence-corrected chi connectivity index (χ2v) is 5.05. The van der Waals surface area contributed by atoms with Crippen molar-refractivity contribution >= 4 is 0 Å². The smallest absolute Gasteiger partial charge is 0.123 e. The number of nitrogens with one attached hydrogen (secondary N) is 1. The van der Waals surface area contributed by atoms with Crippen LogP contribution in [-0.4, -0.2) is 6.54 Å². The molecule has 1 N–H and O–H groups in total. The lowest BCUT2D eigenvalue weighted by Crippen LogP contribution is -2.25. The lowest BCUT2D eigenvalue weighted by molar-refractivity contribution is 0.441. The van der Waals surface area contributed by atoms with Gasteiger partial charge < -0.3 is 5.32 Å². The minimum atomic E-state index is -0.160. The molecule has 17 heavy (non-hydrogen) atoms. The van der Waals surface area contributed by atoms with Gasteiger partial charge in [-0.15, -0.1) is 0 Å². The third-order valence-electron chi connectivity index (χ3n) is 2.89. The number of unbranched alkanes of at least 4 members (excludes halogenated alkanes) is 1. The largest absolute Gasteiger partial charge is 0.310 e. The van der Waals surface area contributed by atoms with Crippen LogP contribution in [0.3, 0.4) is 0 Å². The molecule has 0 bridgehead atoms. The summed E-state index contributed by atoms with van der Waals surface area (Å²) < 4.78 is 12.9. The Bertz CT molecular complexity index is 305. The highest BCUT2D eigenvalue weighted by molar-refractivity contribution is 5.19. The van der Waals surface area contributed by atoms with Crippen LogP contribution in [0.25, 0.3) is 0 Å². The number of benzene rings is 1. The molecule has 0 aromatic heterocycles. The van der Waals surface area contributed by atoms with Gasteiger partial charge in [-0.3, -0.25) is 0 Å². The van der Waals surface area contributed by atoms with Gasteiger partial charge in [0.2, 0.25) is 0 Å². The molecule has 0 heterocycles. The second-order valence-electron chi connectivity index (χ2n) is 5.05. The van der Waals surface area contributed by atoms with Gasteiger partial charge in [0.05, 0.1) is 0 Å². The van der Waals surface area contributed by atoms with Crippen molar-refractivity contribution in [2.24, 2.45) is 5.92 Å². The normalized spacial score (nSPS) is 13.0. The summed E-state index contributed by atoms with van der Waals surface area (Å²) in [5.74, 6) is 0.478. The van der Waals surface area contributed by atoms with E-state index in [0.29, 0.717) is 12.0 Å². The van der Waals surface area contributed by atoms with Gasteiger partial charge in [0, 0.05) is 6.04 Å². The molecule has 1 nitrogen and oxygen atoms in total. The number of rotatable bonds is 7. The summed E-state index contributed by atoms with van der Waals surface area (Å²) in [4.78, 5) is 0. The first-order chi connectivity index (χ1) is 8.13. The molecule has 0 radical (unpaired) electrons. The molecule has 0 aliphatic heterocycles. The van der Waals surface area contributed by atoms with Gasteiger partial charge in [-0.2, -0.15) is 0 Å². The Morgan fingerprint density at radius 2 is 1.82 bits per heavy atom. The molecule has 2 heteroatoms. The molecule has 0 spiro atoms. The highest BCUT2D eigenvalue weighted by Crippen LogP contribution is 2.20. The molecular formula is C15H24FN. The molecule has 1 rings (SSSR count). The van der Waals surface area contributed by atoms with E-state index in [2.05, 4.69) is 26.1 Å². The van der Waals surface area contributed by atoms with E-state index in [1.54, 1.807) is 12.1 Å². The van der Waals surface area contributed by atoms with Crippen LogP contribution in [0.2, 0.25) is 0 Å². The quantitative estimate of drug-likeness (QED) is 0.745. The highest BCUT2D eigenvalue weighted by atomic mass is 19.1. The molecule has 1 aromatic rings. The van der Waals surface area contributed by atoms with Crippen LogP contribution in [0, 0.1) is 11.7 Å². The predicted octanol–water partition coefficient (Wildman–Crippen LogP) is 4.30. The molecule has 1 unspecified atom stereocenters. The average molecular weight is 237 g/mol. The Balaban J connectivity index is 2.63. The third-order valence-corrected chi connectivity index (χ3v) is 2.89. The lowest BCUT2D eigenvalue weighted by atomic mass is 10.0. The number of hydrogen-bond acceptors (Lipinski definition) is 1. The molecule has 0 saturated carbocycles. The van der Waals surface area contributed by atoms with Gasteiger partial charge in [-0.25, -0.2) is 4.39 Å². The van der Waals surface area contributed by atoms with E-state index in [9.17, 15) is 4.39 Å². The molecule has 1 atom stereocenters. The summed E-state index contributed by atoms with van der Waals surface area (Å²) >= 11 is 0. The van der Waals surface area contributed by atoms with Crippen molar-refractivity contribution < 1.29 is 4.39 Å². The van der Waals surface area contributed by atoms with Crippen LogP contribution < -0.4 is 5.32 Å². The minimum Gasteiger partial charge on any atom is -0.310 e. The summed E-state index contributed by atoms with van der Waals surface area (Å²) in [6.07, 6.45) is 3.52. The van der Waals surface area contributed by atoms with Crippen LogP contribution in [0.15, 0.2) is 24.3 Å². The minimum absolute atomic E-state index is 0.160. The maximum atomic E-state index is 12.9. The lowest BCUT2D eigenvalue weighted by Gasteiger charge is -2.20. The summed E-state index contributed by atoms with van der Waals surface area (Å²) in [6.45, 7) is 7.61. The zero-order chi connectivity index (χ0) is 12.7. The molecule has 1 aromatic carbocycles. The van der Waals surface area contributed by atoms with Crippen LogP contribution in [0.4, 0.5) is 4.39 Å². The first-order valence-electron chi connectivity index (χ1n) is 6.62. The van der Waals surface area contributed by atoms with Gasteiger partial charge in [0.25, 0.3) is 0 Å². The Hall–Kier alpha value is -0.890. The fourth-order valence-corrected chi connectivity index (χ4v) is 1.87. The zero-order valence-corrected chi connectivity index (χ0v) is 11.2. The third kappa shape index (κ3) is 5.31. The van der Waals surface area contributed by atoms with Gasteiger partial charge in [0.15, 0.2) is 0 Å². The average Bonchev–Trinajstić information content (AvgIpc) is 2.30. The molecule has 0 fully saturated rings. The monoisotopic (exact) mass is 237 g/mol. The molecule has 0 saturated heterocycles. The van der Waals surface area contributed by atoms with E-state index in [1.807, 2.05) is 12.1 Å². The van der Waals surface area contributed by atoms with Crippen molar-refractivity contribution in [2.45, 2.75) is 46.1 Å². The summed E-state index contributed by atoms with van der Waals surface area (Å²) in [6, 6.07) is 7.24. The topological polar surface area (TPSA) is 12.0 Å². The molecular weight excluding hydrogens is 213 g/mol. The fraction of sp³-hybridized carbons (Fsp3) is 0.600. The number of hydrogen-bond donors (Lipinski definition) is 1. The first kappa shape index (κ1) is 14.2. The Kier molecular flexibility index (Phi) is 6.20. The molecule has 0 aliphatic carbocycles. The van der Waals surface area contributed by atoms with Crippen molar-refractivity contribution in [3.05, 3.63) is 35.6 Å². The van der Waals surface area contributed by atoms with Gasteiger partial charge in [-0.05, 0) is 36.6 Å². The highest BCUT2D eigenvalue weighted by Gasteiger charge is 2.10. The van der Waals surface area contributed by atoms with Crippen LogP contribution in [0.1, 0.15) is 51.6 Å². The van der Waals surface area contributed by atoms with Crippen molar-refractivity contribution in [3.63, 3.8) is 0 Å². The SMILES string of the molecule is CCCCC(NCC(C)C)c1ccc(F)cc1. The van der Waals surface area contributed by atoms with Crippen LogP contribution in [-0.2, 0) is 0 Å². The van der Waals surface area contributed by atoms with Crippen molar-refractivity contribution in [3.8, 4) is 0 Å². The van der Waals surface area contributed by atoms with E-state index in [4.69, 9.17) is 0 Å². The second kappa shape index (κ2) is 7.44. The van der Waals surface area contributed by atoms with Gasteiger partial charge in [0.1, 0.15) is 5.82 Å². The van der Waals surface area contributed by atoms with E-state index < -0.39 is 0 Å². The van der Waals surface area contributed by atoms with E-state index in [0.717, 1.165) is 13.0 Å². The standard InChI is InChI=1S/C15H24FN/c1-4-5-6-15(17-11-12(2)3)13-7-9-14(16)10-8-13/h7-10,12,15,17H,4-6,11H2,1-3H3. The van der Waals surface area contributed by atoms with Crippen LogP contribution in [0.5, 0.6) is 0 Å². The van der Waals surface area contributed by atoms with Crippen LogP contribution >= 0.6 is 0 Å². The molecule has 96 valence electrons. The summed E-state index contributed by atoms with van der Waals surface area (Å²) in [5.41, 5.74) is 1.19. The Labute approximate surface area is 104 Å². The number of halogens is 1. The van der Waals surface area contributed by atoms with E-state index in [1.165, 1.54) is 18.4 Å². The molecule has 0 amide bonds. The van der Waals surface area contributed by atoms with Crippen molar-refractivity contribution in [1.82, 2.24) is 5.32 Å². The first-order valence-corrected chi connectivity index (χ1v) is 6.62. The Morgan fingerprint density at radius 1 is 1.18 bits per heavy atom. The van der Waals surface area contributed by atoms with Crippen molar-refractivity contribution in [2.75, 3.05) is 6.54 Å². The molecule has 0 aliphatic rings. The van der Waals surface area contributed by atoms with E-state index in [-0.39, 0.29) is 5.82 Å². The van der Waals surface area contributed by atoms with Crippen molar-refractivity contribution in [1.29, 1.82) is 0 Å². The van der Waals surface area contributed by atoms with Gasteiger partial charge >= 0.3 is 0 Å². The summed E-state index contributed by atoms with van der Waals surface area (Å²) in [5, 5.41) is 3.57. The Morgan fingerprint density at radius 3 is 2.35 bits per heavy atom. The predicted molar refractivity (Wildman–Crippen MR) is 71.5 cm³/mol. The summed E-state index contributed by atoms with van der Waals surface area (Å²) in [7, 11) is 0. The van der Waals surface area contributed by atoms with Gasteiger partial charge in [-0.1, -0.05) is 45.7 Å². The van der Waals surface area contributed by atoms with E-state index >= 15 is 0 Å². The maximum absolute atomic E-state index is 12.9. The fourth-order valence-electron chi connectivity index (χ4n) is 1.87. The zero-order valence-electron chi connectivity index (χ0n) is 11.2. The maximum Gasteiger partial charge on any atom is 0.123 e.